The van der Waals surface area contributed by atoms with Gasteiger partial charge in [-0.3, -0.25) is 4.79 Å². The molecule has 4 nitrogen and oxygen atoms in total. The van der Waals surface area contributed by atoms with E-state index in [0.717, 1.165) is 23.5 Å². The first-order chi connectivity index (χ1) is 10.7. The Kier molecular flexibility index (Phi) is 5.83. The number of aryl methyl sites for hydroxylation is 1. The smallest absolute Gasteiger partial charge is 0.303 e. The Balaban J connectivity index is 1.90. The van der Waals surface area contributed by atoms with E-state index in [1.54, 1.807) is 0 Å². The first-order valence-electron chi connectivity index (χ1n) is 7.43. The summed E-state index contributed by atoms with van der Waals surface area (Å²) < 4.78 is 5.42. The molecule has 0 atom stereocenters. The highest BCUT2D eigenvalue weighted by atomic mass is 16.5. The van der Waals surface area contributed by atoms with Crippen molar-refractivity contribution < 1.29 is 14.6 Å². The van der Waals surface area contributed by atoms with Gasteiger partial charge in [0.1, 0.15) is 5.75 Å². The fraction of sp³-hybridized carbons (Fsp3) is 0.278. The van der Waals surface area contributed by atoms with Crippen molar-refractivity contribution in [3.05, 3.63) is 59.7 Å². The third kappa shape index (κ3) is 5.13. The molecule has 0 aliphatic rings. The normalized spacial score (nSPS) is 10.2. The van der Waals surface area contributed by atoms with E-state index >= 15 is 0 Å². The van der Waals surface area contributed by atoms with Crippen LogP contribution in [0.1, 0.15) is 24.5 Å². The summed E-state index contributed by atoms with van der Waals surface area (Å²) in [5.41, 5.74) is 3.19. The van der Waals surface area contributed by atoms with Crippen LogP contribution in [-0.2, 0) is 17.8 Å². The number of rotatable bonds is 8. The number of benzene rings is 2. The van der Waals surface area contributed by atoms with E-state index in [4.69, 9.17) is 9.84 Å². The summed E-state index contributed by atoms with van der Waals surface area (Å²) >= 11 is 0. The molecule has 22 heavy (non-hydrogen) atoms. The molecule has 0 aromatic heterocycles. The van der Waals surface area contributed by atoms with E-state index in [-0.39, 0.29) is 6.42 Å². The minimum atomic E-state index is -0.771. The van der Waals surface area contributed by atoms with Gasteiger partial charge in [0.05, 0.1) is 6.61 Å². The van der Waals surface area contributed by atoms with Crippen molar-refractivity contribution in [1.29, 1.82) is 0 Å². The van der Waals surface area contributed by atoms with Crippen LogP contribution in [0.4, 0.5) is 5.69 Å². The Bertz CT molecular complexity index is 608. The molecular weight excluding hydrogens is 278 g/mol. The van der Waals surface area contributed by atoms with Crippen LogP contribution >= 0.6 is 0 Å². The number of carboxylic acids is 1. The summed E-state index contributed by atoms with van der Waals surface area (Å²) in [4.78, 5) is 10.6. The van der Waals surface area contributed by atoms with Gasteiger partial charge in [-0.15, -0.1) is 0 Å². The largest absolute Gasteiger partial charge is 0.494 e. The minimum absolute atomic E-state index is 0.155. The molecule has 0 amide bonds. The van der Waals surface area contributed by atoms with Crippen molar-refractivity contribution >= 4 is 11.7 Å². The van der Waals surface area contributed by atoms with Gasteiger partial charge in [-0.25, -0.2) is 0 Å². The molecule has 0 bridgehead atoms. The third-order valence-electron chi connectivity index (χ3n) is 3.29. The van der Waals surface area contributed by atoms with Gasteiger partial charge < -0.3 is 15.2 Å². The predicted molar refractivity (Wildman–Crippen MR) is 87.3 cm³/mol. The SMILES string of the molecule is CCOc1ccc(CNc2cccc(CCC(=O)O)c2)cc1. The maximum absolute atomic E-state index is 10.6. The molecule has 0 saturated carbocycles. The standard InChI is InChI=1S/C18H21NO3/c1-2-22-17-9-6-15(7-10-17)13-19-16-5-3-4-14(12-16)8-11-18(20)21/h3-7,9-10,12,19H,2,8,11,13H2,1H3,(H,20,21). The lowest BCUT2D eigenvalue weighted by Gasteiger charge is -2.09. The molecule has 0 aliphatic carbocycles. The molecule has 2 rings (SSSR count). The van der Waals surface area contributed by atoms with Crippen LogP contribution in [0.3, 0.4) is 0 Å². The van der Waals surface area contributed by atoms with Crippen LogP contribution in [0.2, 0.25) is 0 Å². The Morgan fingerprint density at radius 1 is 1.14 bits per heavy atom. The van der Waals surface area contributed by atoms with Crippen molar-refractivity contribution in [2.75, 3.05) is 11.9 Å². The maximum Gasteiger partial charge on any atom is 0.303 e. The van der Waals surface area contributed by atoms with Gasteiger partial charge in [0, 0.05) is 18.7 Å². The van der Waals surface area contributed by atoms with Gasteiger partial charge in [-0.05, 0) is 48.7 Å². The van der Waals surface area contributed by atoms with Crippen LogP contribution in [0.25, 0.3) is 0 Å². The predicted octanol–water partition coefficient (Wildman–Crippen LogP) is 3.71. The zero-order valence-corrected chi connectivity index (χ0v) is 12.7. The Labute approximate surface area is 130 Å². The van der Waals surface area contributed by atoms with Crippen molar-refractivity contribution in [3.63, 3.8) is 0 Å². The number of ether oxygens (including phenoxy) is 1. The molecule has 116 valence electrons. The molecule has 0 aliphatic heterocycles. The summed E-state index contributed by atoms with van der Waals surface area (Å²) in [5, 5.41) is 12.1. The van der Waals surface area contributed by atoms with Gasteiger partial charge >= 0.3 is 5.97 Å². The summed E-state index contributed by atoms with van der Waals surface area (Å²) in [5.74, 6) is 0.106. The Morgan fingerprint density at radius 3 is 2.59 bits per heavy atom. The first-order valence-corrected chi connectivity index (χ1v) is 7.43. The van der Waals surface area contributed by atoms with Crippen molar-refractivity contribution in [2.45, 2.75) is 26.3 Å². The van der Waals surface area contributed by atoms with E-state index in [1.165, 1.54) is 5.56 Å². The van der Waals surface area contributed by atoms with Gasteiger partial charge in [0.15, 0.2) is 0 Å². The van der Waals surface area contributed by atoms with Crippen LogP contribution in [0, 0.1) is 0 Å². The highest BCUT2D eigenvalue weighted by molar-refractivity contribution is 5.67. The minimum Gasteiger partial charge on any atom is -0.494 e. The van der Waals surface area contributed by atoms with Crippen LogP contribution < -0.4 is 10.1 Å². The summed E-state index contributed by atoms with van der Waals surface area (Å²) in [6.07, 6.45) is 0.705. The average molecular weight is 299 g/mol. The van der Waals surface area contributed by atoms with Crippen LogP contribution in [-0.4, -0.2) is 17.7 Å². The van der Waals surface area contributed by atoms with Gasteiger partial charge in [-0.2, -0.15) is 0 Å². The van der Waals surface area contributed by atoms with Gasteiger partial charge in [-0.1, -0.05) is 24.3 Å². The molecule has 4 heteroatoms. The number of carbonyl (C=O) groups is 1. The van der Waals surface area contributed by atoms with Gasteiger partial charge in [0.2, 0.25) is 0 Å². The van der Waals surface area contributed by atoms with Crippen LogP contribution in [0.15, 0.2) is 48.5 Å². The molecule has 0 saturated heterocycles. The second-order valence-corrected chi connectivity index (χ2v) is 5.02. The first kappa shape index (κ1) is 15.9. The molecule has 0 spiro atoms. The van der Waals surface area contributed by atoms with E-state index in [9.17, 15) is 4.79 Å². The van der Waals surface area contributed by atoms with E-state index in [1.807, 2.05) is 55.5 Å². The third-order valence-corrected chi connectivity index (χ3v) is 3.29. The molecule has 2 N–H and O–H groups in total. The lowest BCUT2D eigenvalue weighted by molar-refractivity contribution is -0.136. The Morgan fingerprint density at radius 2 is 1.91 bits per heavy atom. The molecule has 0 radical (unpaired) electrons. The maximum atomic E-state index is 10.6. The second kappa shape index (κ2) is 8.08. The van der Waals surface area contributed by atoms with Crippen molar-refractivity contribution in [1.82, 2.24) is 0 Å². The highest BCUT2D eigenvalue weighted by Gasteiger charge is 2.01. The highest BCUT2D eigenvalue weighted by Crippen LogP contribution is 2.16. The fourth-order valence-corrected chi connectivity index (χ4v) is 2.16. The molecule has 0 heterocycles. The zero-order chi connectivity index (χ0) is 15.8. The summed E-state index contributed by atoms with van der Waals surface area (Å²) in [6, 6.07) is 15.9. The van der Waals surface area contributed by atoms with E-state index in [0.29, 0.717) is 13.0 Å². The molecule has 2 aromatic rings. The second-order valence-electron chi connectivity index (χ2n) is 5.02. The molecule has 2 aromatic carbocycles. The molecule has 0 unspecified atom stereocenters. The molecular formula is C18H21NO3. The number of carboxylic acid groups (broad SMARTS) is 1. The van der Waals surface area contributed by atoms with Gasteiger partial charge in [0.25, 0.3) is 0 Å². The van der Waals surface area contributed by atoms with Crippen LogP contribution in [0.5, 0.6) is 5.75 Å². The Hall–Kier alpha value is -2.49. The lowest BCUT2D eigenvalue weighted by Crippen LogP contribution is -2.01. The number of hydrogen-bond acceptors (Lipinski definition) is 3. The number of anilines is 1. The monoisotopic (exact) mass is 299 g/mol. The fourth-order valence-electron chi connectivity index (χ4n) is 2.16. The van der Waals surface area contributed by atoms with E-state index in [2.05, 4.69) is 5.32 Å². The number of hydrogen-bond donors (Lipinski definition) is 2. The summed E-state index contributed by atoms with van der Waals surface area (Å²) in [7, 11) is 0. The number of nitrogens with one attached hydrogen (secondary N) is 1. The number of aliphatic carboxylic acids is 1. The quantitative estimate of drug-likeness (QED) is 0.780. The summed E-state index contributed by atoms with van der Waals surface area (Å²) in [6.45, 7) is 3.35. The molecule has 0 fully saturated rings. The lowest BCUT2D eigenvalue weighted by atomic mass is 10.1. The topological polar surface area (TPSA) is 58.6 Å². The van der Waals surface area contributed by atoms with E-state index < -0.39 is 5.97 Å². The van der Waals surface area contributed by atoms with Crippen molar-refractivity contribution in [3.8, 4) is 5.75 Å². The average Bonchev–Trinajstić information content (AvgIpc) is 2.53. The zero-order valence-electron chi connectivity index (χ0n) is 12.7. The van der Waals surface area contributed by atoms with Crippen molar-refractivity contribution in [2.24, 2.45) is 0 Å².